The molecule has 1 atom stereocenters. The number of anilines is 2. The third-order valence-electron chi connectivity index (χ3n) is 6.39. The van der Waals surface area contributed by atoms with Gasteiger partial charge in [0.2, 0.25) is 5.92 Å². The summed E-state index contributed by atoms with van der Waals surface area (Å²) in [6.07, 6.45) is 5.41. The zero-order valence-corrected chi connectivity index (χ0v) is 22.3. The van der Waals surface area contributed by atoms with E-state index in [0.29, 0.717) is 51.6 Å². The second-order valence-electron chi connectivity index (χ2n) is 9.08. The van der Waals surface area contributed by atoms with E-state index in [1.54, 1.807) is 24.4 Å². The van der Waals surface area contributed by atoms with E-state index < -0.39 is 12.0 Å². The zero-order chi connectivity index (χ0) is 26.6. The lowest BCUT2D eigenvalue weighted by Gasteiger charge is -2.19. The van der Waals surface area contributed by atoms with Crippen molar-refractivity contribution >= 4 is 45.6 Å². The Bertz CT molecular complexity index is 1220. The highest BCUT2D eigenvalue weighted by molar-refractivity contribution is 6.41. The number of nitrogens with one attached hydrogen (secondary N) is 1. The van der Waals surface area contributed by atoms with E-state index in [1.807, 2.05) is 0 Å². The van der Waals surface area contributed by atoms with Gasteiger partial charge in [-0.25, -0.2) is 18.7 Å². The lowest BCUT2D eigenvalue weighted by molar-refractivity contribution is 0.00852. The number of ether oxygens (including phenoxy) is 3. The van der Waals surface area contributed by atoms with Crippen LogP contribution < -0.4 is 20.5 Å². The molecule has 2 aromatic heterocycles. The molecule has 1 unspecified atom stereocenters. The molecule has 0 amide bonds. The molecule has 200 valence electrons. The van der Waals surface area contributed by atoms with Crippen LogP contribution in [0.2, 0.25) is 10.0 Å². The van der Waals surface area contributed by atoms with Gasteiger partial charge in [0.05, 0.1) is 30.0 Å². The predicted octanol–water partition coefficient (Wildman–Crippen LogP) is 6.99. The summed E-state index contributed by atoms with van der Waals surface area (Å²) in [7, 11) is 2.96. The third kappa shape index (κ3) is 6.45. The highest BCUT2D eigenvalue weighted by atomic mass is 35.5. The van der Waals surface area contributed by atoms with Crippen molar-refractivity contribution in [2.45, 2.75) is 50.5 Å². The number of fused-ring (bicyclic) bond motifs is 1. The average molecular weight is 555 g/mol. The van der Waals surface area contributed by atoms with E-state index in [2.05, 4.69) is 15.3 Å². The Balaban J connectivity index is 0.000000469. The fraction of sp³-hybridized carbons (Fsp3) is 0.462. The predicted molar refractivity (Wildman–Crippen MR) is 143 cm³/mol. The molecular formula is C26H30Cl2F2N4O3. The molecule has 0 radical (unpaired) electrons. The summed E-state index contributed by atoms with van der Waals surface area (Å²) < 4.78 is 43.2. The summed E-state index contributed by atoms with van der Waals surface area (Å²) in [5.41, 5.74) is 6.67. The fourth-order valence-electron chi connectivity index (χ4n) is 4.46. The smallest absolute Gasteiger partial charge is 0.250 e. The van der Waals surface area contributed by atoms with Crippen molar-refractivity contribution in [3.05, 3.63) is 34.4 Å². The van der Waals surface area contributed by atoms with Crippen molar-refractivity contribution in [2.24, 2.45) is 0 Å². The molecule has 3 aromatic rings. The SMILES string of the molecule is C1CCOCC1.COc1cc(OC)c(Cl)c(-c2cc3cnc(N)cc3c(NC3CCC(F)(F)C3)n2)c1Cl. The van der Waals surface area contributed by atoms with Gasteiger partial charge in [-0.1, -0.05) is 23.2 Å². The summed E-state index contributed by atoms with van der Waals surface area (Å²) in [5.74, 6) is -1.28. The number of aromatic nitrogens is 2. The Kier molecular flexibility index (Phi) is 8.77. The number of hydrogen-bond acceptors (Lipinski definition) is 7. The Morgan fingerprint density at radius 2 is 1.73 bits per heavy atom. The molecular weight excluding hydrogens is 525 g/mol. The van der Waals surface area contributed by atoms with Gasteiger partial charge in [0.15, 0.2) is 0 Å². The minimum atomic E-state index is -2.70. The first-order chi connectivity index (χ1) is 17.7. The van der Waals surface area contributed by atoms with E-state index in [-0.39, 0.29) is 22.9 Å². The maximum atomic E-state index is 13.7. The van der Waals surface area contributed by atoms with Crippen LogP contribution in [-0.2, 0) is 4.74 Å². The maximum absolute atomic E-state index is 13.7. The summed E-state index contributed by atoms with van der Waals surface area (Å²) in [4.78, 5) is 8.81. The minimum absolute atomic E-state index is 0.170. The molecule has 5 rings (SSSR count). The standard InChI is InChI=1S/C21H20Cl2F2N4O2.C5H10O/c1-30-14-7-15(31-2)19(23)17(18(14)22)13-5-10-9-27-16(26)6-12(10)20(29-13)28-11-3-4-21(24,25)8-11;1-2-4-6-5-3-1/h5-7,9,11H,3-4,8H2,1-2H3,(H2,26,27)(H,28,29);1-5H2. The first kappa shape index (κ1) is 27.4. The number of nitrogens with zero attached hydrogens (tertiary/aromatic N) is 2. The van der Waals surface area contributed by atoms with E-state index in [4.69, 9.17) is 43.1 Å². The monoisotopic (exact) mass is 554 g/mol. The minimum Gasteiger partial charge on any atom is -0.495 e. The molecule has 37 heavy (non-hydrogen) atoms. The van der Waals surface area contributed by atoms with Gasteiger partial charge in [0.1, 0.15) is 23.1 Å². The number of nitrogen functional groups attached to an aromatic ring is 1. The first-order valence-corrected chi connectivity index (χ1v) is 12.9. The zero-order valence-electron chi connectivity index (χ0n) is 20.8. The first-order valence-electron chi connectivity index (χ1n) is 12.1. The van der Waals surface area contributed by atoms with Crippen LogP contribution >= 0.6 is 23.2 Å². The number of alkyl halides is 2. The molecule has 1 aliphatic carbocycles. The highest BCUT2D eigenvalue weighted by Gasteiger charge is 2.39. The Morgan fingerprint density at radius 1 is 1.05 bits per heavy atom. The van der Waals surface area contributed by atoms with Crippen molar-refractivity contribution in [1.82, 2.24) is 9.97 Å². The van der Waals surface area contributed by atoms with Gasteiger partial charge in [0, 0.05) is 60.7 Å². The van der Waals surface area contributed by atoms with Gasteiger partial charge in [-0.3, -0.25) is 0 Å². The van der Waals surface area contributed by atoms with Crippen LogP contribution in [0.3, 0.4) is 0 Å². The van der Waals surface area contributed by atoms with Crippen LogP contribution in [0.4, 0.5) is 20.4 Å². The molecule has 7 nitrogen and oxygen atoms in total. The van der Waals surface area contributed by atoms with Crippen LogP contribution in [0.5, 0.6) is 11.5 Å². The number of nitrogens with two attached hydrogens (primary N) is 1. The molecule has 0 spiro atoms. The lowest BCUT2D eigenvalue weighted by Crippen LogP contribution is -2.20. The van der Waals surface area contributed by atoms with E-state index in [1.165, 1.54) is 33.5 Å². The molecule has 1 saturated heterocycles. The number of pyridine rings is 2. The maximum Gasteiger partial charge on any atom is 0.250 e. The highest BCUT2D eigenvalue weighted by Crippen LogP contribution is 2.46. The van der Waals surface area contributed by atoms with Gasteiger partial charge in [-0.05, 0) is 37.8 Å². The number of methoxy groups -OCH3 is 2. The van der Waals surface area contributed by atoms with Crippen LogP contribution in [0.15, 0.2) is 24.4 Å². The van der Waals surface area contributed by atoms with Gasteiger partial charge < -0.3 is 25.3 Å². The van der Waals surface area contributed by atoms with Gasteiger partial charge in [-0.15, -0.1) is 0 Å². The average Bonchev–Trinajstić information content (AvgIpc) is 3.24. The Labute approximate surface area is 224 Å². The normalized spacial score (nSPS) is 18.7. The molecule has 2 fully saturated rings. The van der Waals surface area contributed by atoms with Crippen LogP contribution in [0.1, 0.15) is 38.5 Å². The summed E-state index contributed by atoms with van der Waals surface area (Å²) in [6.45, 7) is 2.00. The summed E-state index contributed by atoms with van der Waals surface area (Å²) >= 11 is 13.1. The topological polar surface area (TPSA) is 91.5 Å². The van der Waals surface area contributed by atoms with Crippen molar-refractivity contribution in [1.29, 1.82) is 0 Å². The van der Waals surface area contributed by atoms with Crippen molar-refractivity contribution < 1.29 is 23.0 Å². The second-order valence-corrected chi connectivity index (χ2v) is 9.84. The largest absolute Gasteiger partial charge is 0.495 e. The van der Waals surface area contributed by atoms with Crippen LogP contribution in [0.25, 0.3) is 22.0 Å². The van der Waals surface area contributed by atoms with Gasteiger partial charge in [0.25, 0.3) is 0 Å². The molecule has 1 aromatic carbocycles. The molecule has 1 saturated carbocycles. The molecule has 3 N–H and O–H groups in total. The third-order valence-corrected chi connectivity index (χ3v) is 7.14. The van der Waals surface area contributed by atoms with E-state index >= 15 is 0 Å². The number of benzene rings is 1. The van der Waals surface area contributed by atoms with Crippen molar-refractivity contribution in [3.8, 4) is 22.8 Å². The van der Waals surface area contributed by atoms with Crippen molar-refractivity contribution in [2.75, 3.05) is 38.5 Å². The lowest BCUT2D eigenvalue weighted by atomic mass is 10.1. The van der Waals surface area contributed by atoms with Gasteiger partial charge in [-0.2, -0.15) is 0 Å². The molecule has 11 heteroatoms. The fourth-order valence-corrected chi connectivity index (χ4v) is 5.16. The number of halogens is 4. The molecule has 0 bridgehead atoms. The second kappa shape index (κ2) is 11.8. The Hall–Kier alpha value is -2.62. The summed E-state index contributed by atoms with van der Waals surface area (Å²) in [6, 6.07) is 4.55. The van der Waals surface area contributed by atoms with Crippen LogP contribution in [-0.4, -0.2) is 49.4 Å². The van der Waals surface area contributed by atoms with E-state index in [9.17, 15) is 8.78 Å². The van der Waals surface area contributed by atoms with Crippen molar-refractivity contribution in [3.63, 3.8) is 0 Å². The number of rotatable bonds is 5. The number of hydrogen-bond donors (Lipinski definition) is 2. The quantitative estimate of drug-likeness (QED) is 0.351. The molecule has 2 aliphatic rings. The Morgan fingerprint density at radius 3 is 2.24 bits per heavy atom. The van der Waals surface area contributed by atoms with E-state index in [0.717, 1.165) is 13.2 Å². The summed E-state index contributed by atoms with van der Waals surface area (Å²) in [5, 5.41) is 5.01. The molecule has 3 heterocycles. The van der Waals surface area contributed by atoms with Gasteiger partial charge >= 0.3 is 0 Å². The van der Waals surface area contributed by atoms with Crippen LogP contribution in [0, 0.1) is 0 Å². The molecule has 1 aliphatic heterocycles.